The van der Waals surface area contributed by atoms with Gasteiger partial charge in [0.25, 0.3) is 0 Å². The van der Waals surface area contributed by atoms with E-state index in [-0.39, 0.29) is 11.5 Å². The molecule has 1 rings (SSSR count). The van der Waals surface area contributed by atoms with Gasteiger partial charge >= 0.3 is 0 Å². The van der Waals surface area contributed by atoms with Crippen molar-refractivity contribution in [3.63, 3.8) is 0 Å². The summed E-state index contributed by atoms with van der Waals surface area (Å²) >= 11 is 1.26. The topological polar surface area (TPSA) is 66.4 Å². The Balaban J connectivity index is 2.17. The fraction of sp³-hybridized carbons (Fsp3) is 0.733. The van der Waals surface area contributed by atoms with Crippen molar-refractivity contribution >= 4 is 21.4 Å². The summed E-state index contributed by atoms with van der Waals surface area (Å²) in [4.78, 5) is 0.716. The minimum Gasteiger partial charge on any atom is -0.391 e. The van der Waals surface area contributed by atoms with E-state index in [1.807, 2.05) is 0 Å². The minimum absolute atomic E-state index is 0.217. The number of aliphatic hydroxyl groups is 1. The Hall–Kier alpha value is -0.430. The van der Waals surface area contributed by atoms with E-state index >= 15 is 0 Å². The summed E-state index contributed by atoms with van der Waals surface area (Å²) in [5, 5.41) is 10.8. The molecule has 0 aliphatic rings. The highest BCUT2D eigenvalue weighted by molar-refractivity contribution is 7.89. The van der Waals surface area contributed by atoms with Gasteiger partial charge in [0.15, 0.2) is 0 Å². The first-order valence-corrected chi connectivity index (χ1v) is 10.1. The van der Waals surface area contributed by atoms with Crippen LogP contribution in [0.3, 0.4) is 0 Å². The Morgan fingerprint density at radius 1 is 1.10 bits per heavy atom. The molecule has 2 N–H and O–H groups in total. The third-order valence-electron chi connectivity index (χ3n) is 3.46. The molecule has 0 radical (unpaired) electrons. The van der Waals surface area contributed by atoms with Crippen molar-refractivity contribution in [3.8, 4) is 0 Å². The molecular formula is C15H27NO3S2. The highest BCUT2D eigenvalue weighted by Crippen LogP contribution is 2.21. The molecule has 0 unspecified atom stereocenters. The molecule has 1 heterocycles. The lowest BCUT2D eigenvalue weighted by molar-refractivity contribution is 0.282. The standard InChI is InChI=1S/C15H27NO3S2/c1-2-3-4-5-6-7-8-9-11-16-21(18,19)15-10-12-20-14(15)13-17/h10,12,16-17H,2-9,11,13H2,1H3. The quantitative estimate of drug-likeness (QED) is 0.574. The lowest BCUT2D eigenvalue weighted by Gasteiger charge is -2.07. The van der Waals surface area contributed by atoms with Gasteiger partial charge in [-0.25, -0.2) is 13.1 Å². The number of hydrogen-bond donors (Lipinski definition) is 2. The first-order chi connectivity index (χ1) is 10.1. The van der Waals surface area contributed by atoms with Crippen LogP contribution in [0.25, 0.3) is 0 Å². The molecule has 0 bridgehead atoms. The van der Waals surface area contributed by atoms with E-state index in [1.54, 1.807) is 11.4 Å². The molecular weight excluding hydrogens is 306 g/mol. The summed E-state index contributed by atoms with van der Waals surface area (Å²) in [6.45, 7) is 2.45. The summed E-state index contributed by atoms with van der Waals surface area (Å²) in [7, 11) is -3.46. The maximum Gasteiger partial charge on any atom is 0.241 e. The first-order valence-electron chi connectivity index (χ1n) is 7.78. The van der Waals surface area contributed by atoms with Gasteiger partial charge in [-0.15, -0.1) is 11.3 Å². The van der Waals surface area contributed by atoms with Crippen molar-refractivity contribution in [1.82, 2.24) is 4.72 Å². The molecule has 0 saturated carbocycles. The van der Waals surface area contributed by atoms with E-state index < -0.39 is 10.0 Å². The van der Waals surface area contributed by atoms with Crippen molar-refractivity contribution in [2.45, 2.75) is 69.8 Å². The predicted octanol–water partition coefficient (Wildman–Crippen LogP) is 3.66. The molecule has 1 aromatic heterocycles. The van der Waals surface area contributed by atoms with E-state index in [2.05, 4.69) is 11.6 Å². The average molecular weight is 334 g/mol. The van der Waals surface area contributed by atoms with Crippen LogP contribution in [0.2, 0.25) is 0 Å². The highest BCUT2D eigenvalue weighted by atomic mass is 32.2. The highest BCUT2D eigenvalue weighted by Gasteiger charge is 2.18. The fourth-order valence-corrected chi connectivity index (χ4v) is 4.59. The Morgan fingerprint density at radius 2 is 1.71 bits per heavy atom. The van der Waals surface area contributed by atoms with E-state index in [0.717, 1.165) is 12.8 Å². The fourth-order valence-electron chi connectivity index (χ4n) is 2.23. The van der Waals surface area contributed by atoms with Gasteiger partial charge in [-0.05, 0) is 17.9 Å². The van der Waals surface area contributed by atoms with Gasteiger partial charge in [0, 0.05) is 11.4 Å². The molecule has 0 aromatic carbocycles. The number of thiophene rings is 1. The van der Waals surface area contributed by atoms with Crippen molar-refractivity contribution < 1.29 is 13.5 Å². The molecule has 122 valence electrons. The van der Waals surface area contributed by atoms with Crippen molar-refractivity contribution in [3.05, 3.63) is 16.3 Å². The summed E-state index contributed by atoms with van der Waals surface area (Å²) in [5.74, 6) is 0. The van der Waals surface area contributed by atoms with Crippen LogP contribution in [-0.4, -0.2) is 20.1 Å². The molecule has 4 nitrogen and oxygen atoms in total. The monoisotopic (exact) mass is 333 g/mol. The summed E-state index contributed by atoms with van der Waals surface area (Å²) in [6.07, 6.45) is 9.52. The second-order valence-corrected chi connectivity index (χ2v) is 7.97. The smallest absolute Gasteiger partial charge is 0.241 e. The summed E-state index contributed by atoms with van der Waals surface area (Å²) in [5.41, 5.74) is 0. The van der Waals surface area contributed by atoms with Gasteiger partial charge in [-0.1, -0.05) is 51.9 Å². The SMILES string of the molecule is CCCCCCCCCCNS(=O)(=O)c1ccsc1CO. The number of aliphatic hydroxyl groups excluding tert-OH is 1. The molecule has 0 spiro atoms. The van der Waals surface area contributed by atoms with Crippen molar-refractivity contribution in [2.75, 3.05) is 6.54 Å². The largest absolute Gasteiger partial charge is 0.391 e. The van der Waals surface area contributed by atoms with Gasteiger partial charge in [-0.3, -0.25) is 0 Å². The molecule has 0 aliphatic heterocycles. The van der Waals surface area contributed by atoms with Crippen LogP contribution in [-0.2, 0) is 16.6 Å². The Labute approximate surface area is 132 Å². The van der Waals surface area contributed by atoms with Gasteiger partial charge in [0.1, 0.15) is 0 Å². The second kappa shape index (κ2) is 10.3. The van der Waals surface area contributed by atoms with Gasteiger partial charge in [0.2, 0.25) is 10.0 Å². The number of sulfonamides is 1. The van der Waals surface area contributed by atoms with Gasteiger partial charge < -0.3 is 5.11 Å². The zero-order chi connectivity index (χ0) is 15.6. The second-order valence-electron chi connectivity index (χ2n) is 5.24. The number of nitrogens with one attached hydrogen (secondary N) is 1. The third-order valence-corrected chi connectivity index (χ3v) is 6.04. The molecule has 0 fully saturated rings. The first kappa shape index (κ1) is 18.6. The summed E-state index contributed by atoms with van der Waals surface area (Å²) < 4.78 is 26.7. The minimum atomic E-state index is -3.46. The molecule has 0 atom stereocenters. The molecule has 0 saturated heterocycles. The van der Waals surface area contributed by atoms with Crippen LogP contribution < -0.4 is 4.72 Å². The van der Waals surface area contributed by atoms with Crippen LogP contribution in [0.5, 0.6) is 0 Å². The van der Waals surface area contributed by atoms with E-state index in [4.69, 9.17) is 5.11 Å². The average Bonchev–Trinajstić information content (AvgIpc) is 2.95. The van der Waals surface area contributed by atoms with Crippen molar-refractivity contribution in [1.29, 1.82) is 0 Å². The predicted molar refractivity (Wildman–Crippen MR) is 88.0 cm³/mol. The van der Waals surface area contributed by atoms with Gasteiger partial charge in [0.05, 0.1) is 11.5 Å². The van der Waals surface area contributed by atoms with Crippen LogP contribution in [0, 0.1) is 0 Å². The molecule has 6 heteroatoms. The lowest BCUT2D eigenvalue weighted by Crippen LogP contribution is -2.25. The molecule has 21 heavy (non-hydrogen) atoms. The number of rotatable bonds is 12. The number of hydrogen-bond acceptors (Lipinski definition) is 4. The van der Waals surface area contributed by atoms with Crippen molar-refractivity contribution in [2.24, 2.45) is 0 Å². The normalized spacial score (nSPS) is 11.9. The molecule has 0 amide bonds. The molecule has 0 aliphatic carbocycles. The summed E-state index contributed by atoms with van der Waals surface area (Å²) in [6, 6.07) is 1.55. The van der Waals surface area contributed by atoms with Gasteiger partial charge in [-0.2, -0.15) is 0 Å². The Bertz CT molecular complexity index is 483. The zero-order valence-electron chi connectivity index (χ0n) is 12.8. The van der Waals surface area contributed by atoms with E-state index in [1.165, 1.54) is 49.9 Å². The van der Waals surface area contributed by atoms with E-state index in [0.29, 0.717) is 11.4 Å². The van der Waals surface area contributed by atoms with Crippen LogP contribution in [0.4, 0.5) is 0 Å². The Kier molecular flexibility index (Phi) is 9.15. The van der Waals surface area contributed by atoms with Crippen LogP contribution in [0.15, 0.2) is 16.3 Å². The maximum absolute atomic E-state index is 12.1. The van der Waals surface area contributed by atoms with Crippen LogP contribution >= 0.6 is 11.3 Å². The lowest BCUT2D eigenvalue weighted by atomic mass is 10.1. The van der Waals surface area contributed by atoms with Crippen LogP contribution in [0.1, 0.15) is 63.2 Å². The van der Waals surface area contributed by atoms with E-state index in [9.17, 15) is 8.42 Å². The maximum atomic E-state index is 12.1. The Morgan fingerprint density at radius 3 is 2.33 bits per heavy atom. The zero-order valence-corrected chi connectivity index (χ0v) is 14.4. The molecule has 1 aromatic rings. The number of unbranched alkanes of at least 4 members (excludes halogenated alkanes) is 7. The third kappa shape index (κ3) is 6.91.